The molecule has 2 aliphatic rings. The highest BCUT2D eigenvalue weighted by molar-refractivity contribution is 5.76. The Balaban J connectivity index is 1.67. The van der Waals surface area contributed by atoms with Gasteiger partial charge in [-0.25, -0.2) is 0 Å². The van der Waals surface area contributed by atoms with Gasteiger partial charge in [-0.05, 0) is 31.2 Å². The second-order valence-corrected chi connectivity index (χ2v) is 7.14. The molecule has 2 saturated heterocycles. The minimum Gasteiger partial charge on any atom is -0.496 e. The monoisotopic (exact) mass is 346 g/mol. The Labute approximate surface area is 150 Å². The van der Waals surface area contributed by atoms with Gasteiger partial charge in [-0.15, -0.1) is 0 Å². The number of nitrogens with zero attached hydrogens (tertiary/aromatic N) is 2. The fourth-order valence-corrected chi connectivity index (χ4v) is 4.33. The van der Waals surface area contributed by atoms with Crippen molar-refractivity contribution >= 4 is 5.91 Å². The van der Waals surface area contributed by atoms with Crippen LogP contribution in [0.5, 0.6) is 5.75 Å². The summed E-state index contributed by atoms with van der Waals surface area (Å²) in [4.78, 5) is 17.1. The van der Waals surface area contributed by atoms with E-state index >= 15 is 0 Å². The average Bonchev–Trinajstić information content (AvgIpc) is 2.78. The Bertz CT molecular complexity index is 578. The zero-order valence-electron chi connectivity index (χ0n) is 15.4. The van der Waals surface area contributed by atoms with E-state index in [1.807, 2.05) is 12.1 Å². The van der Waals surface area contributed by atoms with E-state index in [-0.39, 0.29) is 0 Å². The summed E-state index contributed by atoms with van der Waals surface area (Å²) in [6.45, 7) is 4.34. The maximum Gasteiger partial charge on any atom is 0.222 e. The standard InChI is InChI=1S/C20H30N2O3/c1-24-13-12-22-18-10-11-21(14-16(18)7-5-9-20(22)23)15-17-6-3-4-8-19(17)25-2/h3-4,6,8,16,18H,5,7,9-15H2,1-2H3/t16-,18+/m0/s1. The zero-order valence-corrected chi connectivity index (χ0v) is 15.4. The lowest BCUT2D eigenvalue weighted by Gasteiger charge is -2.42. The lowest BCUT2D eigenvalue weighted by molar-refractivity contribution is -0.135. The second-order valence-electron chi connectivity index (χ2n) is 7.14. The van der Waals surface area contributed by atoms with Crippen LogP contribution in [0.1, 0.15) is 31.2 Å². The predicted molar refractivity (Wildman–Crippen MR) is 97.6 cm³/mol. The molecular formula is C20H30N2O3. The van der Waals surface area contributed by atoms with Crippen molar-refractivity contribution in [2.24, 2.45) is 5.92 Å². The highest BCUT2D eigenvalue weighted by Crippen LogP contribution is 2.31. The molecule has 1 amide bonds. The number of amides is 1. The van der Waals surface area contributed by atoms with Crippen molar-refractivity contribution in [1.82, 2.24) is 9.80 Å². The van der Waals surface area contributed by atoms with Gasteiger partial charge in [0.05, 0.1) is 13.7 Å². The Morgan fingerprint density at radius 1 is 1.20 bits per heavy atom. The van der Waals surface area contributed by atoms with E-state index in [0.717, 1.165) is 51.2 Å². The first-order chi connectivity index (χ1) is 12.2. The number of benzene rings is 1. The largest absolute Gasteiger partial charge is 0.496 e. The second kappa shape index (κ2) is 8.68. The molecule has 3 rings (SSSR count). The fraction of sp³-hybridized carbons (Fsp3) is 0.650. The van der Waals surface area contributed by atoms with E-state index in [1.165, 1.54) is 5.56 Å². The van der Waals surface area contributed by atoms with Crippen molar-refractivity contribution in [3.05, 3.63) is 29.8 Å². The number of hydrogen-bond acceptors (Lipinski definition) is 4. The average molecular weight is 346 g/mol. The number of hydrogen-bond donors (Lipinski definition) is 0. The van der Waals surface area contributed by atoms with Crippen LogP contribution in [0.4, 0.5) is 0 Å². The van der Waals surface area contributed by atoms with Crippen LogP contribution in [0.3, 0.4) is 0 Å². The third kappa shape index (κ3) is 4.33. The van der Waals surface area contributed by atoms with Gasteiger partial charge in [-0.2, -0.15) is 0 Å². The molecule has 0 N–H and O–H groups in total. The van der Waals surface area contributed by atoms with Crippen molar-refractivity contribution < 1.29 is 14.3 Å². The summed E-state index contributed by atoms with van der Waals surface area (Å²) < 4.78 is 10.7. The number of likely N-dealkylation sites (tertiary alicyclic amines) is 2. The summed E-state index contributed by atoms with van der Waals surface area (Å²) >= 11 is 0. The number of para-hydroxylation sites is 1. The van der Waals surface area contributed by atoms with E-state index in [0.29, 0.717) is 30.9 Å². The molecule has 1 aromatic carbocycles. The summed E-state index contributed by atoms with van der Waals surface area (Å²) in [5.41, 5.74) is 1.24. The summed E-state index contributed by atoms with van der Waals surface area (Å²) in [6, 6.07) is 8.63. The molecule has 0 radical (unpaired) electrons. The highest BCUT2D eigenvalue weighted by atomic mass is 16.5. The summed E-state index contributed by atoms with van der Waals surface area (Å²) in [5.74, 6) is 1.83. The molecular weight excluding hydrogens is 316 g/mol. The van der Waals surface area contributed by atoms with Crippen LogP contribution in [-0.4, -0.2) is 62.2 Å². The van der Waals surface area contributed by atoms with Gasteiger partial charge in [-0.3, -0.25) is 9.69 Å². The van der Waals surface area contributed by atoms with E-state index in [4.69, 9.17) is 9.47 Å². The first-order valence-electron chi connectivity index (χ1n) is 9.35. The van der Waals surface area contributed by atoms with Gasteiger partial charge < -0.3 is 14.4 Å². The van der Waals surface area contributed by atoms with Crippen LogP contribution in [0.2, 0.25) is 0 Å². The Morgan fingerprint density at radius 3 is 2.84 bits per heavy atom. The number of fused-ring (bicyclic) bond motifs is 1. The molecule has 25 heavy (non-hydrogen) atoms. The first-order valence-corrected chi connectivity index (χ1v) is 9.35. The lowest BCUT2D eigenvalue weighted by atomic mass is 9.88. The molecule has 5 heteroatoms. The van der Waals surface area contributed by atoms with Crippen molar-refractivity contribution in [1.29, 1.82) is 0 Å². The van der Waals surface area contributed by atoms with E-state index in [9.17, 15) is 4.79 Å². The highest BCUT2D eigenvalue weighted by Gasteiger charge is 2.37. The molecule has 0 aromatic heterocycles. The third-order valence-electron chi connectivity index (χ3n) is 5.59. The van der Waals surface area contributed by atoms with E-state index in [2.05, 4.69) is 21.9 Å². The van der Waals surface area contributed by atoms with Crippen molar-refractivity contribution in [2.45, 2.75) is 38.3 Å². The predicted octanol–water partition coefficient (Wildman–Crippen LogP) is 2.54. The van der Waals surface area contributed by atoms with Crippen molar-refractivity contribution in [3.8, 4) is 5.75 Å². The Kier molecular flexibility index (Phi) is 6.32. The lowest BCUT2D eigenvalue weighted by Crippen LogP contribution is -2.52. The molecule has 0 spiro atoms. The number of ether oxygens (including phenoxy) is 2. The molecule has 2 heterocycles. The number of piperidine rings is 1. The molecule has 2 fully saturated rings. The molecule has 0 unspecified atom stereocenters. The van der Waals surface area contributed by atoms with Gasteiger partial charge in [0.15, 0.2) is 0 Å². The van der Waals surface area contributed by atoms with Crippen molar-refractivity contribution in [3.63, 3.8) is 0 Å². The molecule has 0 bridgehead atoms. The van der Waals surface area contributed by atoms with Crippen LogP contribution >= 0.6 is 0 Å². The fourth-order valence-electron chi connectivity index (χ4n) is 4.33. The third-order valence-corrected chi connectivity index (χ3v) is 5.59. The molecule has 138 valence electrons. The Morgan fingerprint density at radius 2 is 2.04 bits per heavy atom. The number of methoxy groups -OCH3 is 2. The first kappa shape index (κ1) is 18.2. The van der Waals surface area contributed by atoms with Crippen LogP contribution in [-0.2, 0) is 16.1 Å². The molecule has 0 saturated carbocycles. The van der Waals surface area contributed by atoms with Gasteiger partial charge in [0.25, 0.3) is 0 Å². The topological polar surface area (TPSA) is 42.0 Å². The van der Waals surface area contributed by atoms with Gasteiger partial charge >= 0.3 is 0 Å². The molecule has 2 atom stereocenters. The molecule has 0 aliphatic carbocycles. The summed E-state index contributed by atoms with van der Waals surface area (Å²) in [7, 11) is 3.44. The molecule has 1 aromatic rings. The van der Waals surface area contributed by atoms with E-state index < -0.39 is 0 Å². The van der Waals surface area contributed by atoms with Gasteiger partial charge in [-0.1, -0.05) is 18.2 Å². The summed E-state index contributed by atoms with van der Waals surface area (Å²) in [6.07, 6.45) is 3.88. The normalized spacial score (nSPS) is 24.7. The van der Waals surface area contributed by atoms with Crippen LogP contribution < -0.4 is 4.74 Å². The number of carbonyl (C=O) groups is 1. The van der Waals surface area contributed by atoms with Crippen molar-refractivity contribution in [2.75, 3.05) is 40.5 Å². The van der Waals surface area contributed by atoms with Crippen LogP contribution in [0, 0.1) is 5.92 Å². The number of rotatable bonds is 6. The summed E-state index contributed by atoms with van der Waals surface area (Å²) in [5, 5.41) is 0. The Hall–Kier alpha value is -1.59. The SMILES string of the molecule is COCCN1C(=O)CCC[C@H]2CN(Cc3ccccc3OC)CC[C@H]21. The van der Waals surface area contributed by atoms with Crippen LogP contribution in [0.25, 0.3) is 0 Å². The molecule has 2 aliphatic heterocycles. The van der Waals surface area contributed by atoms with Gasteiger partial charge in [0, 0.05) is 51.3 Å². The molecule has 5 nitrogen and oxygen atoms in total. The zero-order chi connectivity index (χ0) is 17.6. The maximum absolute atomic E-state index is 12.5. The van der Waals surface area contributed by atoms with E-state index in [1.54, 1.807) is 14.2 Å². The number of carbonyl (C=O) groups excluding carboxylic acids is 1. The van der Waals surface area contributed by atoms with Gasteiger partial charge in [0.2, 0.25) is 5.91 Å². The minimum absolute atomic E-state index is 0.308. The van der Waals surface area contributed by atoms with Crippen LogP contribution in [0.15, 0.2) is 24.3 Å². The van der Waals surface area contributed by atoms with Gasteiger partial charge in [0.1, 0.15) is 5.75 Å². The quantitative estimate of drug-likeness (QED) is 0.794. The smallest absolute Gasteiger partial charge is 0.222 e. The minimum atomic E-state index is 0.308. The maximum atomic E-state index is 12.5.